The first-order valence-corrected chi connectivity index (χ1v) is 8.28. The number of rotatable bonds is 3. The topological polar surface area (TPSA) is 46.4 Å². The molecule has 1 N–H and O–H groups in total. The molecule has 2 aromatic carbocycles. The maximum Gasteiger partial charge on any atom is 0.257 e. The van der Waals surface area contributed by atoms with Gasteiger partial charge in [0, 0.05) is 23.6 Å². The van der Waals surface area contributed by atoms with Gasteiger partial charge in [-0.25, -0.2) is 9.37 Å². The van der Waals surface area contributed by atoms with Crippen molar-refractivity contribution in [1.82, 2.24) is 9.38 Å². The number of aromatic nitrogens is 2. The lowest BCUT2D eigenvalue weighted by atomic mass is 10.1. The Morgan fingerprint density at radius 1 is 1.08 bits per heavy atom. The fourth-order valence-corrected chi connectivity index (χ4v) is 2.96. The van der Waals surface area contributed by atoms with Crippen LogP contribution in [0.1, 0.15) is 10.4 Å². The number of fused-ring (bicyclic) bond motifs is 1. The van der Waals surface area contributed by atoms with E-state index < -0.39 is 11.7 Å². The van der Waals surface area contributed by atoms with Crippen LogP contribution in [-0.4, -0.2) is 15.3 Å². The molecule has 2 heterocycles. The third-order valence-electron chi connectivity index (χ3n) is 3.96. The molecule has 0 aliphatic rings. The summed E-state index contributed by atoms with van der Waals surface area (Å²) in [5.41, 5.74) is 3.33. The Kier molecular flexibility index (Phi) is 4.14. The number of hydrogen-bond donors (Lipinski definition) is 1. The van der Waals surface area contributed by atoms with Crippen LogP contribution in [-0.2, 0) is 0 Å². The lowest BCUT2D eigenvalue weighted by Gasteiger charge is -2.08. The van der Waals surface area contributed by atoms with Gasteiger partial charge in [0.25, 0.3) is 5.91 Å². The molecular formula is C20H13ClFN3O. The second-order valence-corrected chi connectivity index (χ2v) is 6.16. The van der Waals surface area contributed by atoms with Crippen LogP contribution in [0.4, 0.5) is 10.1 Å². The van der Waals surface area contributed by atoms with Crippen LogP contribution >= 0.6 is 11.6 Å². The molecule has 2 aromatic heterocycles. The summed E-state index contributed by atoms with van der Waals surface area (Å²) in [6, 6.07) is 16.8. The van der Waals surface area contributed by atoms with Crippen LogP contribution in [0.5, 0.6) is 0 Å². The van der Waals surface area contributed by atoms with E-state index in [1.807, 2.05) is 53.2 Å². The molecule has 0 unspecified atom stereocenters. The molecule has 4 nitrogen and oxygen atoms in total. The summed E-state index contributed by atoms with van der Waals surface area (Å²) in [7, 11) is 0. The van der Waals surface area contributed by atoms with Gasteiger partial charge in [0.15, 0.2) is 0 Å². The number of carbonyl (C=O) groups excluding carboxylic acids is 1. The first-order valence-electron chi connectivity index (χ1n) is 7.91. The minimum absolute atomic E-state index is 0.0685. The fraction of sp³-hybridized carbons (Fsp3) is 0. The number of nitrogens with zero attached hydrogens (tertiary/aromatic N) is 2. The van der Waals surface area contributed by atoms with Crippen molar-refractivity contribution >= 4 is 28.8 Å². The van der Waals surface area contributed by atoms with Crippen molar-refractivity contribution in [2.24, 2.45) is 0 Å². The second-order valence-electron chi connectivity index (χ2n) is 5.75. The van der Waals surface area contributed by atoms with Crippen LogP contribution in [0.3, 0.4) is 0 Å². The van der Waals surface area contributed by atoms with Gasteiger partial charge in [0.05, 0.1) is 16.3 Å². The molecule has 0 spiro atoms. The molecule has 0 radical (unpaired) electrons. The molecule has 4 aromatic rings. The molecule has 26 heavy (non-hydrogen) atoms. The molecule has 128 valence electrons. The van der Waals surface area contributed by atoms with Gasteiger partial charge < -0.3 is 9.72 Å². The zero-order chi connectivity index (χ0) is 18.1. The van der Waals surface area contributed by atoms with Crippen molar-refractivity contribution in [2.75, 3.05) is 5.32 Å². The molecule has 4 rings (SSSR count). The van der Waals surface area contributed by atoms with Crippen LogP contribution in [0, 0.1) is 5.82 Å². The second kappa shape index (κ2) is 6.61. The lowest BCUT2D eigenvalue weighted by Crippen LogP contribution is -2.12. The number of imidazole rings is 1. The number of benzene rings is 2. The average molecular weight is 366 g/mol. The summed E-state index contributed by atoms with van der Waals surface area (Å²) in [6.07, 6.45) is 3.85. The largest absolute Gasteiger partial charge is 0.322 e. The molecule has 1 amide bonds. The van der Waals surface area contributed by atoms with Gasteiger partial charge in [-0.2, -0.15) is 0 Å². The van der Waals surface area contributed by atoms with E-state index >= 15 is 0 Å². The number of amides is 1. The summed E-state index contributed by atoms with van der Waals surface area (Å²) in [6.45, 7) is 0. The average Bonchev–Trinajstić information content (AvgIpc) is 3.06. The van der Waals surface area contributed by atoms with Crippen LogP contribution in [0.15, 0.2) is 73.1 Å². The fourth-order valence-electron chi connectivity index (χ4n) is 2.70. The highest BCUT2D eigenvalue weighted by Crippen LogP contribution is 2.24. The molecule has 0 fully saturated rings. The number of pyridine rings is 1. The maximum absolute atomic E-state index is 13.1. The molecule has 0 atom stereocenters. The predicted molar refractivity (Wildman–Crippen MR) is 100.0 cm³/mol. The third kappa shape index (κ3) is 3.17. The number of hydrogen-bond acceptors (Lipinski definition) is 2. The number of anilines is 1. The minimum atomic E-state index is -0.486. The van der Waals surface area contributed by atoms with Crippen LogP contribution < -0.4 is 5.32 Å². The van der Waals surface area contributed by atoms with Gasteiger partial charge in [-0.1, -0.05) is 29.8 Å². The summed E-state index contributed by atoms with van der Waals surface area (Å²) < 4.78 is 15.1. The van der Waals surface area contributed by atoms with E-state index in [0.29, 0.717) is 5.69 Å². The Hall–Kier alpha value is -3.18. The standard InChI is InChI=1S/C20H13ClFN3O/c21-17-11-14(22)7-8-16(17)20(26)23-15-5-3-4-13(10-15)18-12-25-9-2-1-6-19(25)24-18/h1-12H,(H,23,26). The van der Waals surface area contributed by atoms with Gasteiger partial charge in [-0.3, -0.25) is 4.79 Å². The molecule has 0 bridgehead atoms. The zero-order valence-electron chi connectivity index (χ0n) is 13.5. The number of carbonyl (C=O) groups is 1. The van der Waals surface area contributed by atoms with Crippen molar-refractivity contribution in [3.63, 3.8) is 0 Å². The van der Waals surface area contributed by atoms with E-state index in [1.54, 1.807) is 6.07 Å². The zero-order valence-corrected chi connectivity index (χ0v) is 14.2. The highest BCUT2D eigenvalue weighted by atomic mass is 35.5. The van der Waals surface area contributed by atoms with Gasteiger partial charge in [0.2, 0.25) is 0 Å². The van der Waals surface area contributed by atoms with E-state index in [9.17, 15) is 9.18 Å². The summed E-state index contributed by atoms with van der Waals surface area (Å²) in [5.74, 6) is -0.887. The van der Waals surface area contributed by atoms with Crippen molar-refractivity contribution in [3.8, 4) is 11.3 Å². The molecule has 6 heteroatoms. The van der Waals surface area contributed by atoms with Crippen LogP contribution in [0.25, 0.3) is 16.9 Å². The number of nitrogens with one attached hydrogen (secondary N) is 1. The van der Waals surface area contributed by atoms with E-state index in [4.69, 9.17) is 11.6 Å². The molecular weight excluding hydrogens is 353 g/mol. The Balaban J connectivity index is 1.62. The highest BCUT2D eigenvalue weighted by molar-refractivity contribution is 6.34. The SMILES string of the molecule is O=C(Nc1cccc(-c2cn3ccccc3n2)c1)c1ccc(F)cc1Cl. The monoisotopic (exact) mass is 365 g/mol. The van der Waals surface area contributed by atoms with Crippen molar-refractivity contribution in [3.05, 3.63) is 89.5 Å². The Morgan fingerprint density at radius 3 is 2.77 bits per heavy atom. The maximum atomic E-state index is 13.1. The Bertz CT molecular complexity index is 1090. The van der Waals surface area contributed by atoms with Gasteiger partial charge >= 0.3 is 0 Å². The van der Waals surface area contributed by atoms with Crippen molar-refractivity contribution in [1.29, 1.82) is 0 Å². The molecule has 0 saturated carbocycles. The van der Waals surface area contributed by atoms with E-state index in [2.05, 4.69) is 10.3 Å². The van der Waals surface area contributed by atoms with E-state index in [0.717, 1.165) is 23.0 Å². The lowest BCUT2D eigenvalue weighted by molar-refractivity contribution is 0.102. The number of halogens is 2. The molecule has 0 aliphatic heterocycles. The quantitative estimate of drug-likeness (QED) is 0.552. The first-order chi connectivity index (χ1) is 12.6. The Morgan fingerprint density at radius 2 is 1.96 bits per heavy atom. The van der Waals surface area contributed by atoms with Gasteiger partial charge in [0.1, 0.15) is 11.5 Å². The van der Waals surface area contributed by atoms with E-state index in [-0.39, 0.29) is 10.6 Å². The third-order valence-corrected chi connectivity index (χ3v) is 4.27. The molecule has 0 saturated heterocycles. The summed E-state index contributed by atoms with van der Waals surface area (Å²) in [4.78, 5) is 17.0. The van der Waals surface area contributed by atoms with Gasteiger partial charge in [-0.15, -0.1) is 0 Å². The molecule has 0 aliphatic carbocycles. The minimum Gasteiger partial charge on any atom is -0.322 e. The predicted octanol–water partition coefficient (Wildman–Crippen LogP) is 5.05. The Labute approximate surface area is 153 Å². The van der Waals surface area contributed by atoms with Crippen LogP contribution in [0.2, 0.25) is 5.02 Å². The van der Waals surface area contributed by atoms with Crippen molar-refractivity contribution in [2.45, 2.75) is 0 Å². The summed E-state index contributed by atoms with van der Waals surface area (Å²) in [5, 5.41) is 2.85. The first kappa shape index (κ1) is 16.3. The van der Waals surface area contributed by atoms with E-state index in [1.165, 1.54) is 12.1 Å². The highest BCUT2D eigenvalue weighted by Gasteiger charge is 2.12. The smallest absolute Gasteiger partial charge is 0.257 e. The van der Waals surface area contributed by atoms with Crippen molar-refractivity contribution < 1.29 is 9.18 Å². The van der Waals surface area contributed by atoms with Gasteiger partial charge in [-0.05, 0) is 42.5 Å². The normalized spacial score (nSPS) is 10.8. The summed E-state index contributed by atoms with van der Waals surface area (Å²) >= 11 is 5.95.